The number of hydrogen-bond acceptors (Lipinski definition) is 4. The van der Waals surface area contributed by atoms with Crippen LogP contribution in [-0.2, 0) is 14.8 Å². The maximum atomic E-state index is 13.2. The summed E-state index contributed by atoms with van der Waals surface area (Å²) in [5.41, 5.74) is 0.325. The predicted molar refractivity (Wildman–Crippen MR) is 125 cm³/mol. The maximum Gasteiger partial charge on any atom is 0.264 e. The highest BCUT2D eigenvalue weighted by Gasteiger charge is 2.27. The minimum absolute atomic E-state index is 0.0472. The molecule has 0 aromatic heterocycles. The Labute approximate surface area is 198 Å². The van der Waals surface area contributed by atoms with E-state index >= 15 is 0 Å². The molecule has 0 radical (unpaired) electrons. The van der Waals surface area contributed by atoms with E-state index in [4.69, 9.17) is 11.6 Å². The van der Waals surface area contributed by atoms with Gasteiger partial charge in [-0.05, 0) is 55.3 Å². The summed E-state index contributed by atoms with van der Waals surface area (Å²) in [6, 6.07) is 8.83. The smallest absolute Gasteiger partial charge is 0.264 e. The molecule has 2 aromatic rings. The molecular formula is C23H27ClFN3O4S. The van der Waals surface area contributed by atoms with E-state index in [0.717, 1.165) is 4.31 Å². The van der Waals surface area contributed by atoms with E-state index < -0.39 is 21.7 Å². The third-order valence-corrected chi connectivity index (χ3v) is 7.78. The van der Waals surface area contributed by atoms with E-state index in [1.54, 1.807) is 4.90 Å². The monoisotopic (exact) mass is 495 g/mol. The molecule has 0 aliphatic carbocycles. The van der Waals surface area contributed by atoms with Crippen LogP contribution in [0.25, 0.3) is 0 Å². The van der Waals surface area contributed by atoms with Gasteiger partial charge in [0.25, 0.3) is 15.9 Å². The summed E-state index contributed by atoms with van der Waals surface area (Å²) in [4.78, 5) is 26.7. The van der Waals surface area contributed by atoms with Crippen LogP contribution in [0, 0.1) is 11.7 Å². The highest BCUT2D eigenvalue weighted by atomic mass is 35.5. The average molecular weight is 496 g/mol. The first kappa shape index (κ1) is 25.0. The third-order valence-electron chi connectivity index (χ3n) is 5.67. The number of sulfonamides is 1. The van der Waals surface area contributed by atoms with Crippen molar-refractivity contribution in [2.75, 3.05) is 24.4 Å². The molecule has 33 heavy (non-hydrogen) atoms. The summed E-state index contributed by atoms with van der Waals surface area (Å²) >= 11 is 6.21. The van der Waals surface area contributed by atoms with Crippen molar-refractivity contribution in [3.8, 4) is 0 Å². The number of benzene rings is 2. The fraction of sp³-hybridized carbons (Fsp3) is 0.391. The van der Waals surface area contributed by atoms with Gasteiger partial charge in [0.05, 0.1) is 21.2 Å². The molecule has 0 spiro atoms. The van der Waals surface area contributed by atoms with E-state index in [2.05, 4.69) is 5.32 Å². The van der Waals surface area contributed by atoms with Crippen LogP contribution in [0.4, 0.5) is 10.1 Å². The molecule has 2 amide bonds. The molecule has 0 bridgehead atoms. The van der Waals surface area contributed by atoms with Gasteiger partial charge in [-0.15, -0.1) is 0 Å². The molecule has 1 aliphatic rings. The summed E-state index contributed by atoms with van der Waals surface area (Å²) in [5.74, 6) is -0.941. The zero-order chi connectivity index (χ0) is 24.3. The molecule has 7 nitrogen and oxygen atoms in total. The van der Waals surface area contributed by atoms with Gasteiger partial charge in [0.1, 0.15) is 5.82 Å². The Balaban J connectivity index is 1.74. The normalized spacial score (nSPS) is 14.9. The van der Waals surface area contributed by atoms with Crippen LogP contribution >= 0.6 is 11.6 Å². The van der Waals surface area contributed by atoms with Crippen molar-refractivity contribution in [2.24, 2.45) is 5.92 Å². The summed E-state index contributed by atoms with van der Waals surface area (Å²) in [6.07, 6.45) is 1.21. The van der Waals surface area contributed by atoms with Gasteiger partial charge < -0.3 is 10.2 Å². The zero-order valence-corrected chi connectivity index (χ0v) is 20.3. The lowest BCUT2D eigenvalue weighted by Crippen LogP contribution is -2.47. The number of carbonyl (C=O) groups is 2. The van der Waals surface area contributed by atoms with E-state index in [-0.39, 0.29) is 39.0 Å². The Kier molecular flexibility index (Phi) is 7.64. The molecule has 0 atom stereocenters. The summed E-state index contributed by atoms with van der Waals surface area (Å²) in [6.45, 7) is 4.80. The predicted octanol–water partition coefficient (Wildman–Crippen LogP) is 3.68. The van der Waals surface area contributed by atoms with E-state index in [0.29, 0.717) is 25.9 Å². The number of halogens is 2. The number of carbonyl (C=O) groups excluding carboxylic acids is 2. The second-order valence-corrected chi connectivity index (χ2v) is 10.7. The third kappa shape index (κ3) is 5.65. The Morgan fingerprint density at radius 3 is 2.30 bits per heavy atom. The van der Waals surface area contributed by atoms with E-state index in [9.17, 15) is 22.4 Å². The van der Waals surface area contributed by atoms with E-state index in [1.807, 2.05) is 13.8 Å². The van der Waals surface area contributed by atoms with Gasteiger partial charge >= 0.3 is 0 Å². The molecule has 1 aliphatic heterocycles. The first-order chi connectivity index (χ1) is 15.5. The molecule has 3 rings (SSSR count). The number of nitrogens with one attached hydrogen (secondary N) is 1. The van der Waals surface area contributed by atoms with Gasteiger partial charge in [0, 0.05) is 32.1 Å². The second kappa shape index (κ2) is 10.1. The zero-order valence-electron chi connectivity index (χ0n) is 18.7. The van der Waals surface area contributed by atoms with Gasteiger partial charge in [0.15, 0.2) is 0 Å². The lowest BCUT2D eigenvalue weighted by molar-refractivity contribution is -0.135. The first-order valence-corrected chi connectivity index (χ1v) is 12.5. The van der Waals surface area contributed by atoms with Crippen molar-refractivity contribution in [3.63, 3.8) is 0 Å². The van der Waals surface area contributed by atoms with Crippen molar-refractivity contribution in [1.82, 2.24) is 10.2 Å². The van der Waals surface area contributed by atoms with Crippen LogP contribution < -0.4 is 9.62 Å². The molecule has 0 saturated carbocycles. The Hall–Kier alpha value is -2.65. The maximum absolute atomic E-state index is 13.2. The number of piperidine rings is 1. The summed E-state index contributed by atoms with van der Waals surface area (Å²) in [5, 5.41) is 3.03. The average Bonchev–Trinajstić information content (AvgIpc) is 2.79. The minimum atomic E-state index is -4.01. The first-order valence-electron chi connectivity index (χ1n) is 10.6. The van der Waals surface area contributed by atoms with Crippen molar-refractivity contribution in [3.05, 3.63) is 58.9 Å². The molecule has 178 valence electrons. The van der Waals surface area contributed by atoms with Gasteiger partial charge in [0.2, 0.25) is 5.91 Å². The SMILES string of the molecule is CC(C)C(=O)N1CCC(NC(=O)c2cc(S(=O)(=O)N(C)c3ccc(F)cc3)ccc2Cl)CC1. The van der Waals surface area contributed by atoms with Gasteiger partial charge in [-0.1, -0.05) is 25.4 Å². The van der Waals surface area contributed by atoms with Crippen molar-refractivity contribution < 1.29 is 22.4 Å². The number of likely N-dealkylation sites (tertiary alicyclic amines) is 1. The number of amides is 2. The van der Waals surface area contributed by atoms with Crippen LogP contribution in [0.5, 0.6) is 0 Å². The number of anilines is 1. The van der Waals surface area contributed by atoms with Crippen molar-refractivity contribution in [1.29, 1.82) is 0 Å². The molecule has 1 saturated heterocycles. The minimum Gasteiger partial charge on any atom is -0.349 e. The molecule has 2 aromatic carbocycles. The Bertz CT molecular complexity index is 1130. The molecule has 1 N–H and O–H groups in total. The number of rotatable bonds is 6. The second-order valence-electron chi connectivity index (χ2n) is 8.32. The molecule has 0 unspecified atom stereocenters. The molecule has 1 fully saturated rings. The van der Waals surface area contributed by atoms with Crippen LogP contribution in [-0.4, -0.2) is 51.3 Å². The Morgan fingerprint density at radius 1 is 1.12 bits per heavy atom. The van der Waals surface area contributed by atoms with E-state index in [1.165, 1.54) is 49.5 Å². The van der Waals surface area contributed by atoms with Crippen LogP contribution in [0.2, 0.25) is 5.02 Å². The topological polar surface area (TPSA) is 86.8 Å². The van der Waals surface area contributed by atoms with Crippen LogP contribution in [0.1, 0.15) is 37.0 Å². The summed E-state index contributed by atoms with van der Waals surface area (Å²) in [7, 11) is -2.66. The van der Waals surface area contributed by atoms with Gasteiger partial charge in [-0.25, -0.2) is 12.8 Å². The fourth-order valence-corrected chi connectivity index (χ4v) is 5.08. The van der Waals surface area contributed by atoms with Crippen LogP contribution in [0.15, 0.2) is 47.4 Å². The van der Waals surface area contributed by atoms with Crippen molar-refractivity contribution >= 4 is 39.1 Å². The molecule has 10 heteroatoms. The van der Waals surface area contributed by atoms with Gasteiger partial charge in [-0.2, -0.15) is 0 Å². The quantitative estimate of drug-likeness (QED) is 0.662. The number of nitrogens with zero attached hydrogens (tertiary/aromatic N) is 2. The Morgan fingerprint density at radius 2 is 1.73 bits per heavy atom. The highest BCUT2D eigenvalue weighted by Crippen LogP contribution is 2.26. The standard InChI is InChI=1S/C23H27ClFN3O4S/c1-15(2)23(30)28-12-10-17(11-13-28)26-22(29)20-14-19(8-9-21(20)24)33(31,32)27(3)18-6-4-16(25)5-7-18/h4-9,14-15,17H,10-13H2,1-3H3,(H,26,29). The largest absolute Gasteiger partial charge is 0.349 e. The highest BCUT2D eigenvalue weighted by molar-refractivity contribution is 7.92. The lowest BCUT2D eigenvalue weighted by atomic mass is 10.0. The van der Waals surface area contributed by atoms with Crippen molar-refractivity contribution in [2.45, 2.75) is 37.6 Å². The fourth-order valence-electron chi connectivity index (χ4n) is 3.66. The summed E-state index contributed by atoms with van der Waals surface area (Å²) < 4.78 is 40.3. The van der Waals surface area contributed by atoms with Crippen LogP contribution in [0.3, 0.4) is 0 Å². The molecule has 1 heterocycles. The number of hydrogen-bond donors (Lipinski definition) is 1. The van der Waals surface area contributed by atoms with Gasteiger partial charge in [-0.3, -0.25) is 13.9 Å². The lowest BCUT2D eigenvalue weighted by Gasteiger charge is -2.33. The molecular weight excluding hydrogens is 469 g/mol.